The Morgan fingerprint density at radius 3 is 2.55 bits per heavy atom. The molecule has 0 aliphatic carbocycles. The van der Waals surface area contributed by atoms with Gasteiger partial charge in [0.1, 0.15) is 11.9 Å². The number of likely N-dealkylation sites (tertiary alicyclic amines) is 1. The van der Waals surface area contributed by atoms with Crippen molar-refractivity contribution in [2.24, 2.45) is 5.92 Å². The number of carbonyl (C=O) groups is 1. The van der Waals surface area contributed by atoms with E-state index in [-0.39, 0.29) is 12.0 Å². The Hall–Kier alpha value is -2.84. The highest BCUT2D eigenvalue weighted by Crippen LogP contribution is 2.35. The topological polar surface area (TPSA) is 53.6 Å². The number of hydrogen-bond donors (Lipinski definition) is 3. The Kier molecular flexibility index (Phi) is 8.73. The predicted octanol–water partition coefficient (Wildman–Crippen LogP) is 6.63. The molecule has 0 unspecified atom stereocenters. The molecule has 2 aliphatic heterocycles. The number of ether oxygens (including phenoxy) is 1. The molecule has 3 aromatic carbocycles. The first kappa shape index (κ1) is 27.3. The van der Waals surface area contributed by atoms with Gasteiger partial charge in [0.25, 0.3) is 5.91 Å². The second-order valence-corrected chi connectivity index (χ2v) is 12.5. The summed E-state index contributed by atoms with van der Waals surface area (Å²) in [5, 5.41) is 7.73. The molecule has 0 atom stereocenters. The number of nitrogens with one attached hydrogen (secondary N) is 2. The van der Waals surface area contributed by atoms with Crippen molar-refractivity contribution in [3.8, 4) is 16.9 Å². The second kappa shape index (κ2) is 12.8. The fourth-order valence-corrected chi connectivity index (χ4v) is 7.21. The molecule has 6 rings (SSSR count). The number of benzene rings is 3. The van der Waals surface area contributed by atoms with Crippen LogP contribution in [0, 0.1) is 5.92 Å². The molecule has 3 heterocycles. The van der Waals surface area contributed by atoms with Crippen molar-refractivity contribution in [1.82, 2.24) is 15.5 Å². The molecule has 4 aromatic rings. The molecule has 40 heavy (non-hydrogen) atoms. The van der Waals surface area contributed by atoms with Gasteiger partial charge in [0.2, 0.25) is 0 Å². The van der Waals surface area contributed by atoms with Crippen LogP contribution in [0.5, 0.6) is 5.75 Å². The zero-order valence-electron chi connectivity index (χ0n) is 22.8. The van der Waals surface area contributed by atoms with E-state index in [1.54, 1.807) is 11.3 Å². The number of fused-ring (bicyclic) bond motifs is 1. The molecule has 1 amide bonds. The Morgan fingerprint density at radius 1 is 0.975 bits per heavy atom. The van der Waals surface area contributed by atoms with Gasteiger partial charge >= 0.3 is 0 Å². The van der Waals surface area contributed by atoms with Crippen LogP contribution < -0.4 is 15.4 Å². The summed E-state index contributed by atoms with van der Waals surface area (Å²) in [5.41, 5.74) is 3.64. The average molecular weight is 572 g/mol. The molecule has 208 valence electrons. The van der Waals surface area contributed by atoms with E-state index in [0.29, 0.717) is 5.92 Å². The highest BCUT2D eigenvalue weighted by Gasteiger charge is 2.22. The summed E-state index contributed by atoms with van der Waals surface area (Å²) in [5.74, 6) is 1.44. The minimum Gasteiger partial charge on any atom is -0.489 e. The first-order chi connectivity index (χ1) is 19.6. The lowest BCUT2D eigenvalue weighted by Crippen LogP contribution is -2.38. The minimum absolute atomic E-state index is 0.0377. The van der Waals surface area contributed by atoms with Crippen LogP contribution in [0.4, 0.5) is 0 Å². The number of amides is 1. The van der Waals surface area contributed by atoms with Crippen LogP contribution in [0.1, 0.15) is 40.9 Å². The van der Waals surface area contributed by atoms with Gasteiger partial charge in [-0.1, -0.05) is 54.6 Å². The maximum Gasteiger partial charge on any atom is 0.261 e. The summed E-state index contributed by atoms with van der Waals surface area (Å²) in [6.45, 7) is 5.77. The zero-order chi connectivity index (χ0) is 27.3. The largest absolute Gasteiger partial charge is 0.489 e. The summed E-state index contributed by atoms with van der Waals surface area (Å²) < 4.78 is 7.37. The Bertz CT molecular complexity index is 1440. The van der Waals surface area contributed by atoms with Crippen LogP contribution in [-0.4, -0.2) is 49.6 Å². The fourth-order valence-electron chi connectivity index (χ4n) is 5.80. The number of rotatable bonds is 8. The van der Waals surface area contributed by atoms with E-state index in [9.17, 15) is 4.79 Å². The molecule has 0 bridgehead atoms. The number of nitrogens with zero attached hydrogens (tertiary/aromatic N) is 1. The highest BCUT2D eigenvalue weighted by atomic mass is 32.1. The van der Waals surface area contributed by atoms with Crippen LogP contribution in [0.15, 0.2) is 77.7 Å². The van der Waals surface area contributed by atoms with Gasteiger partial charge in [-0.2, -0.15) is 0 Å². The quantitative estimate of drug-likeness (QED) is 0.208. The van der Waals surface area contributed by atoms with E-state index in [2.05, 4.69) is 76.2 Å². The molecule has 1 aromatic heterocycles. The van der Waals surface area contributed by atoms with Crippen molar-refractivity contribution in [3.05, 3.63) is 83.2 Å². The first-order valence-electron chi connectivity index (χ1n) is 14.4. The predicted molar refractivity (Wildman–Crippen MR) is 168 cm³/mol. The van der Waals surface area contributed by atoms with Gasteiger partial charge in [-0.05, 0) is 98.1 Å². The van der Waals surface area contributed by atoms with Crippen LogP contribution in [-0.2, 0) is 6.54 Å². The van der Waals surface area contributed by atoms with Crippen molar-refractivity contribution >= 4 is 40.0 Å². The maximum atomic E-state index is 13.1. The Labute approximate surface area is 246 Å². The standard InChI is InChI=1S/C33H37N3O2S2/c37-33(31-20-26-7-4-8-28(32(26)40-31)25-5-2-1-3-6-25)35-21-23-13-17-36(18-14-23)22-24-9-10-29(30(39)19-24)38-27-11-15-34-16-12-27/h1-10,19-20,23,27,34,39H,11-18,21-22H2,(H,35,37). The van der Waals surface area contributed by atoms with Gasteiger partial charge < -0.3 is 15.4 Å². The van der Waals surface area contributed by atoms with Crippen molar-refractivity contribution in [3.63, 3.8) is 0 Å². The van der Waals surface area contributed by atoms with Gasteiger partial charge in [-0.3, -0.25) is 9.69 Å². The van der Waals surface area contributed by atoms with Crippen LogP contribution in [0.25, 0.3) is 21.2 Å². The fraction of sp³-hybridized carbons (Fsp3) is 0.364. The van der Waals surface area contributed by atoms with Gasteiger partial charge in [0.05, 0.1) is 4.88 Å². The van der Waals surface area contributed by atoms with E-state index in [1.165, 1.54) is 21.4 Å². The third-order valence-corrected chi connectivity index (χ3v) is 9.65. The summed E-state index contributed by atoms with van der Waals surface area (Å²) in [7, 11) is 0. The zero-order valence-corrected chi connectivity index (χ0v) is 24.5. The van der Waals surface area contributed by atoms with Crippen LogP contribution in [0.3, 0.4) is 0 Å². The molecule has 2 saturated heterocycles. The molecule has 7 heteroatoms. The summed E-state index contributed by atoms with van der Waals surface area (Å²) in [6.07, 6.45) is 4.56. The van der Waals surface area contributed by atoms with Crippen molar-refractivity contribution in [2.45, 2.75) is 43.2 Å². The molecule has 2 fully saturated rings. The lowest BCUT2D eigenvalue weighted by Gasteiger charge is -2.32. The summed E-state index contributed by atoms with van der Waals surface area (Å²) >= 11 is 6.31. The molecular formula is C33H37N3O2S2. The number of piperidine rings is 2. The number of thiophene rings is 1. The molecule has 0 radical (unpaired) electrons. The Morgan fingerprint density at radius 2 is 1.77 bits per heavy atom. The summed E-state index contributed by atoms with van der Waals surface area (Å²) in [4.78, 5) is 17.3. The van der Waals surface area contributed by atoms with E-state index in [1.807, 2.05) is 12.1 Å². The molecule has 2 N–H and O–H groups in total. The normalized spacial score (nSPS) is 17.2. The lowest BCUT2D eigenvalue weighted by atomic mass is 9.96. The van der Waals surface area contributed by atoms with Gasteiger partial charge in [-0.15, -0.1) is 24.0 Å². The SMILES string of the molecule is O=C(NCC1CCN(Cc2ccc(OC3CCNCC3)c(S)c2)CC1)c1cc2cccc(-c3ccccc3)c2s1. The van der Waals surface area contributed by atoms with Gasteiger partial charge in [-0.25, -0.2) is 0 Å². The van der Waals surface area contributed by atoms with Crippen LogP contribution in [0.2, 0.25) is 0 Å². The molecule has 0 saturated carbocycles. The van der Waals surface area contributed by atoms with Gasteiger partial charge in [0, 0.05) is 22.7 Å². The summed E-state index contributed by atoms with van der Waals surface area (Å²) in [6, 6.07) is 25.1. The molecular weight excluding hydrogens is 535 g/mol. The van der Waals surface area contributed by atoms with Gasteiger partial charge in [0.15, 0.2) is 0 Å². The van der Waals surface area contributed by atoms with Crippen LogP contribution >= 0.6 is 24.0 Å². The number of hydrogen-bond acceptors (Lipinski definition) is 6. The maximum absolute atomic E-state index is 13.1. The lowest BCUT2D eigenvalue weighted by molar-refractivity contribution is 0.0939. The van der Waals surface area contributed by atoms with E-state index < -0.39 is 0 Å². The second-order valence-electron chi connectivity index (χ2n) is 11.0. The average Bonchev–Trinajstić information content (AvgIpc) is 3.44. The Balaban J connectivity index is 0.987. The molecule has 2 aliphatic rings. The van der Waals surface area contributed by atoms with Crippen molar-refractivity contribution in [1.29, 1.82) is 0 Å². The minimum atomic E-state index is 0.0377. The monoisotopic (exact) mass is 571 g/mol. The van der Waals surface area contributed by atoms with Crippen molar-refractivity contribution < 1.29 is 9.53 Å². The molecule has 5 nitrogen and oxygen atoms in total. The van der Waals surface area contributed by atoms with E-state index in [4.69, 9.17) is 17.4 Å². The van der Waals surface area contributed by atoms with E-state index >= 15 is 0 Å². The number of thiol groups is 1. The molecule has 0 spiro atoms. The first-order valence-corrected chi connectivity index (χ1v) is 15.7. The number of carbonyl (C=O) groups excluding carboxylic acids is 1. The van der Waals surface area contributed by atoms with E-state index in [0.717, 1.165) is 85.9 Å². The van der Waals surface area contributed by atoms with Crippen molar-refractivity contribution in [2.75, 3.05) is 32.7 Å². The third kappa shape index (κ3) is 6.55. The highest BCUT2D eigenvalue weighted by molar-refractivity contribution is 7.80. The smallest absolute Gasteiger partial charge is 0.261 e. The third-order valence-electron chi connectivity index (χ3n) is 8.12.